The van der Waals surface area contributed by atoms with E-state index in [1.54, 1.807) is 10.5 Å². The summed E-state index contributed by atoms with van der Waals surface area (Å²) in [5, 5.41) is 1.15. The van der Waals surface area contributed by atoms with Gasteiger partial charge in [-0.1, -0.05) is 0 Å². The number of hydrogen-bond acceptors (Lipinski definition) is 3. The van der Waals surface area contributed by atoms with Gasteiger partial charge in [0.2, 0.25) is 10.0 Å². The lowest BCUT2D eigenvalue weighted by atomic mass is 9.90. The van der Waals surface area contributed by atoms with E-state index in [-0.39, 0.29) is 0 Å². The van der Waals surface area contributed by atoms with Gasteiger partial charge in [0.05, 0.1) is 6.26 Å². The van der Waals surface area contributed by atoms with Gasteiger partial charge in [0, 0.05) is 42.6 Å². The van der Waals surface area contributed by atoms with E-state index in [1.807, 2.05) is 18.5 Å². The minimum absolute atomic E-state index is 0.413. The molecule has 2 aromatic rings. The molecule has 102 valence electrons. The van der Waals surface area contributed by atoms with Gasteiger partial charge in [-0.05, 0) is 30.4 Å². The summed E-state index contributed by atoms with van der Waals surface area (Å²) in [6.45, 7) is 1.22. The minimum atomic E-state index is -3.05. The summed E-state index contributed by atoms with van der Waals surface area (Å²) >= 11 is 0. The largest absolute Gasteiger partial charge is 0.361 e. The van der Waals surface area contributed by atoms with Crippen molar-refractivity contribution in [3.8, 4) is 0 Å². The van der Waals surface area contributed by atoms with E-state index in [0.717, 1.165) is 23.7 Å². The summed E-state index contributed by atoms with van der Waals surface area (Å²) in [7, 11) is -3.05. The number of aromatic amines is 1. The second-order valence-electron chi connectivity index (χ2n) is 5.10. The Hall–Kier alpha value is -1.40. The van der Waals surface area contributed by atoms with E-state index in [4.69, 9.17) is 0 Å². The number of H-pyrrole nitrogens is 1. The molecule has 1 fully saturated rings. The van der Waals surface area contributed by atoms with E-state index in [0.29, 0.717) is 19.0 Å². The Morgan fingerprint density at radius 2 is 2.11 bits per heavy atom. The second-order valence-corrected chi connectivity index (χ2v) is 7.08. The van der Waals surface area contributed by atoms with Crippen LogP contribution in [-0.4, -0.2) is 42.0 Å². The van der Waals surface area contributed by atoms with E-state index >= 15 is 0 Å². The van der Waals surface area contributed by atoms with Gasteiger partial charge in [-0.3, -0.25) is 4.98 Å². The van der Waals surface area contributed by atoms with Gasteiger partial charge in [0.25, 0.3) is 0 Å². The molecule has 0 saturated carbocycles. The number of hydrogen-bond donors (Lipinski definition) is 1. The molecule has 0 bridgehead atoms. The van der Waals surface area contributed by atoms with E-state index < -0.39 is 10.0 Å². The molecule has 3 heterocycles. The smallest absolute Gasteiger partial charge is 0.211 e. The third-order valence-corrected chi connectivity index (χ3v) is 5.18. The number of aromatic nitrogens is 2. The van der Waals surface area contributed by atoms with Gasteiger partial charge in [0.15, 0.2) is 0 Å². The molecule has 3 rings (SSSR count). The first-order chi connectivity index (χ1) is 9.05. The highest BCUT2D eigenvalue weighted by Crippen LogP contribution is 2.33. The van der Waals surface area contributed by atoms with Crippen LogP contribution in [-0.2, 0) is 10.0 Å². The van der Waals surface area contributed by atoms with Crippen molar-refractivity contribution in [2.45, 2.75) is 18.8 Å². The first-order valence-corrected chi connectivity index (χ1v) is 8.26. The summed E-state index contributed by atoms with van der Waals surface area (Å²) in [5.74, 6) is 0.413. The molecular weight excluding hydrogens is 262 g/mol. The van der Waals surface area contributed by atoms with E-state index in [1.165, 1.54) is 11.8 Å². The fourth-order valence-electron chi connectivity index (χ4n) is 2.82. The number of sulfonamides is 1. The Kier molecular flexibility index (Phi) is 3.06. The normalized spacial score (nSPS) is 19.0. The van der Waals surface area contributed by atoms with Crippen LogP contribution in [0.5, 0.6) is 0 Å². The third kappa shape index (κ3) is 2.37. The monoisotopic (exact) mass is 279 g/mol. The molecule has 0 unspecified atom stereocenters. The van der Waals surface area contributed by atoms with Crippen LogP contribution in [0, 0.1) is 0 Å². The summed E-state index contributed by atoms with van der Waals surface area (Å²) < 4.78 is 24.6. The van der Waals surface area contributed by atoms with Gasteiger partial charge in [-0.2, -0.15) is 0 Å². The van der Waals surface area contributed by atoms with Crippen molar-refractivity contribution in [2.75, 3.05) is 19.3 Å². The molecule has 5 nitrogen and oxygen atoms in total. The molecule has 6 heteroatoms. The van der Waals surface area contributed by atoms with Gasteiger partial charge in [0.1, 0.15) is 0 Å². The molecule has 0 aromatic carbocycles. The fraction of sp³-hybridized carbons (Fsp3) is 0.462. The van der Waals surface area contributed by atoms with Crippen LogP contribution in [0.1, 0.15) is 24.3 Å². The number of nitrogens with one attached hydrogen (secondary N) is 1. The van der Waals surface area contributed by atoms with Crippen LogP contribution < -0.4 is 0 Å². The first kappa shape index (κ1) is 12.6. The van der Waals surface area contributed by atoms with Crippen molar-refractivity contribution < 1.29 is 8.42 Å². The van der Waals surface area contributed by atoms with Crippen LogP contribution in [0.25, 0.3) is 10.9 Å². The molecule has 1 N–H and O–H groups in total. The lowest BCUT2D eigenvalue weighted by Crippen LogP contribution is -2.37. The zero-order chi connectivity index (χ0) is 13.5. The lowest BCUT2D eigenvalue weighted by molar-refractivity contribution is 0.322. The Labute approximate surface area is 112 Å². The topological polar surface area (TPSA) is 66.1 Å². The molecule has 0 amide bonds. The Morgan fingerprint density at radius 3 is 2.79 bits per heavy atom. The summed E-state index contributed by atoms with van der Waals surface area (Å²) in [4.78, 5) is 7.42. The maximum atomic E-state index is 11.5. The van der Waals surface area contributed by atoms with Crippen molar-refractivity contribution in [1.82, 2.24) is 14.3 Å². The van der Waals surface area contributed by atoms with Crippen molar-refractivity contribution in [3.63, 3.8) is 0 Å². The molecule has 0 spiro atoms. The summed E-state index contributed by atoms with van der Waals surface area (Å²) in [6.07, 6.45) is 8.71. The zero-order valence-electron chi connectivity index (χ0n) is 10.8. The van der Waals surface area contributed by atoms with Crippen LogP contribution >= 0.6 is 0 Å². The van der Waals surface area contributed by atoms with Gasteiger partial charge in [-0.15, -0.1) is 0 Å². The Bertz CT molecular complexity index is 685. The van der Waals surface area contributed by atoms with E-state index in [2.05, 4.69) is 9.97 Å². The van der Waals surface area contributed by atoms with Crippen LogP contribution in [0.15, 0.2) is 24.7 Å². The van der Waals surface area contributed by atoms with Gasteiger partial charge < -0.3 is 4.98 Å². The average Bonchev–Trinajstić information content (AvgIpc) is 2.82. The first-order valence-electron chi connectivity index (χ1n) is 6.42. The van der Waals surface area contributed by atoms with Crippen molar-refractivity contribution >= 4 is 20.9 Å². The number of fused-ring (bicyclic) bond motifs is 1. The van der Waals surface area contributed by atoms with Crippen molar-refractivity contribution in [3.05, 3.63) is 30.2 Å². The Morgan fingerprint density at radius 1 is 1.37 bits per heavy atom. The predicted molar refractivity (Wildman–Crippen MR) is 74.5 cm³/mol. The molecule has 1 aliphatic heterocycles. The second kappa shape index (κ2) is 4.61. The highest BCUT2D eigenvalue weighted by atomic mass is 32.2. The van der Waals surface area contributed by atoms with Gasteiger partial charge in [-0.25, -0.2) is 12.7 Å². The van der Waals surface area contributed by atoms with Crippen LogP contribution in [0.2, 0.25) is 0 Å². The fourth-order valence-corrected chi connectivity index (χ4v) is 3.69. The minimum Gasteiger partial charge on any atom is -0.361 e. The van der Waals surface area contributed by atoms with Crippen LogP contribution in [0.4, 0.5) is 0 Å². The molecule has 2 aromatic heterocycles. The van der Waals surface area contributed by atoms with Crippen molar-refractivity contribution in [2.24, 2.45) is 0 Å². The van der Waals surface area contributed by atoms with E-state index in [9.17, 15) is 8.42 Å². The standard InChI is InChI=1S/C13H17N3O2S/c1-19(17,18)16-6-3-10(4-7-16)11-9-15-13-2-5-14-8-12(11)13/h2,5,8-10,15H,3-4,6-7H2,1H3. The molecule has 0 radical (unpaired) electrons. The summed E-state index contributed by atoms with van der Waals surface area (Å²) in [5.41, 5.74) is 2.35. The molecule has 19 heavy (non-hydrogen) atoms. The maximum absolute atomic E-state index is 11.5. The van der Waals surface area contributed by atoms with Crippen molar-refractivity contribution in [1.29, 1.82) is 0 Å². The SMILES string of the molecule is CS(=O)(=O)N1CCC(c2c[nH]c3ccncc23)CC1. The molecular formula is C13H17N3O2S. The predicted octanol–water partition coefficient (Wildman–Crippen LogP) is 1.70. The number of nitrogens with zero attached hydrogens (tertiary/aromatic N) is 2. The van der Waals surface area contributed by atoms with Gasteiger partial charge >= 0.3 is 0 Å². The average molecular weight is 279 g/mol. The Balaban J connectivity index is 1.82. The zero-order valence-corrected chi connectivity index (χ0v) is 11.7. The van der Waals surface area contributed by atoms with Crippen LogP contribution in [0.3, 0.4) is 0 Å². The summed E-state index contributed by atoms with van der Waals surface area (Å²) in [6, 6.07) is 1.96. The molecule has 0 atom stereocenters. The highest BCUT2D eigenvalue weighted by Gasteiger charge is 2.26. The number of piperidine rings is 1. The highest BCUT2D eigenvalue weighted by molar-refractivity contribution is 7.88. The molecule has 1 saturated heterocycles. The molecule has 0 aliphatic carbocycles. The lowest BCUT2D eigenvalue weighted by Gasteiger charge is -2.30. The maximum Gasteiger partial charge on any atom is 0.211 e. The quantitative estimate of drug-likeness (QED) is 0.910. The number of pyridine rings is 1. The molecule has 1 aliphatic rings. The number of rotatable bonds is 2. The third-order valence-electron chi connectivity index (χ3n) is 3.88.